The lowest BCUT2D eigenvalue weighted by Crippen LogP contribution is -2.36. The number of benzene rings is 4. The van der Waals surface area contributed by atoms with Crippen LogP contribution in [0.4, 0.5) is 4.79 Å². The van der Waals surface area contributed by atoms with E-state index in [1.807, 2.05) is 54.6 Å². The second-order valence-corrected chi connectivity index (χ2v) is 9.27. The van der Waals surface area contributed by atoms with Gasteiger partial charge in [0.1, 0.15) is 12.4 Å². The summed E-state index contributed by atoms with van der Waals surface area (Å²) in [6.07, 6.45) is -1.03. The second-order valence-electron chi connectivity index (χ2n) is 9.27. The molecule has 0 aliphatic rings. The molecule has 0 heterocycles. The van der Waals surface area contributed by atoms with Crippen molar-refractivity contribution in [1.82, 2.24) is 4.90 Å². The van der Waals surface area contributed by atoms with Crippen molar-refractivity contribution < 1.29 is 33.6 Å². The van der Waals surface area contributed by atoms with E-state index < -0.39 is 18.2 Å². The second kappa shape index (κ2) is 14.5. The van der Waals surface area contributed by atoms with Crippen molar-refractivity contribution >= 4 is 12.1 Å². The van der Waals surface area contributed by atoms with Crippen LogP contribution < -0.4 is 14.2 Å². The van der Waals surface area contributed by atoms with E-state index in [1.54, 1.807) is 62.8 Å². The fourth-order valence-corrected chi connectivity index (χ4v) is 4.18. The molecule has 41 heavy (non-hydrogen) atoms. The molecule has 1 unspecified atom stereocenters. The average Bonchev–Trinajstić information content (AvgIpc) is 3.02. The molecule has 1 atom stereocenters. The van der Waals surface area contributed by atoms with E-state index in [1.165, 1.54) is 4.90 Å². The molecule has 0 saturated heterocycles. The van der Waals surface area contributed by atoms with Crippen LogP contribution in [0.25, 0.3) is 0 Å². The fraction of sp³-hybridized carbons (Fsp3) is 0.212. The lowest BCUT2D eigenvalue weighted by molar-refractivity contribution is 0.0688. The van der Waals surface area contributed by atoms with E-state index in [0.717, 1.165) is 11.1 Å². The van der Waals surface area contributed by atoms with Gasteiger partial charge in [-0.25, -0.2) is 9.59 Å². The Balaban J connectivity index is 1.43. The summed E-state index contributed by atoms with van der Waals surface area (Å²) >= 11 is 0. The van der Waals surface area contributed by atoms with Crippen LogP contribution in [0.1, 0.15) is 33.2 Å². The molecule has 1 amide bonds. The minimum absolute atomic E-state index is 0.00403. The van der Waals surface area contributed by atoms with Crippen LogP contribution in [0.15, 0.2) is 103 Å². The maximum atomic E-state index is 13.1. The van der Waals surface area contributed by atoms with Gasteiger partial charge in [0.2, 0.25) is 0 Å². The summed E-state index contributed by atoms with van der Waals surface area (Å²) in [5, 5.41) is 11.0. The van der Waals surface area contributed by atoms with Crippen molar-refractivity contribution in [3.63, 3.8) is 0 Å². The molecular weight excluding hydrogens is 522 g/mol. The van der Waals surface area contributed by atoms with E-state index in [9.17, 15) is 14.7 Å². The summed E-state index contributed by atoms with van der Waals surface area (Å²) in [5.74, 6) is 1.09. The van der Waals surface area contributed by atoms with Crippen molar-refractivity contribution in [3.05, 3.63) is 125 Å². The van der Waals surface area contributed by atoms with Crippen LogP contribution >= 0.6 is 0 Å². The summed E-state index contributed by atoms with van der Waals surface area (Å²) in [5.41, 5.74) is 2.80. The molecule has 4 rings (SSSR count). The minimum atomic E-state index is -0.997. The summed E-state index contributed by atoms with van der Waals surface area (Å²) in [6.45, 7) is 0.418. The molecule has 0 aliphatic carbocycles. The van der Waals surface area contributed by atoms with E-state index in [4.69, 9.17) is 18.9 Å². The fourth-order valence-electron chi connectivity index (χ4n) is 4.18. The quantitative estimate of drug-likeness (QED) is 0.173. The van der Waals surface area contributed by atoms with Gasteiger partial charge in [-0.05, 0) is 59.5 Å². The van der Waals surface area contributed by atoms with E-state index >= 15 is 0 Å². The van der Waals surface area contributed by atoms with Crippen LogP contribution in [0.3, 0.4) is 0 Å². The number of rotatable bonds is 12. The number of carbonyl (C=O) groups excluding carboxylic acids is 2. The molecule has 0 fully saturated rings. The van der Waals surface area contributed by atoms with Gasteiger partial charge in [0.25, 0.3) is 0 Å². The highest BCUT2D eigenvalue weighted by molar-refractivity contribution is 5.90. The maximum Gasteiger partial charge on any atom is 0.410 e. The Morgan fingerprint density at radius 3 is 2.10 bits per heavy atom. The van der Waals surface area contributed by atoms with Crippen LogP contribution in [0, 0.1) is 0 Å². The molecule has 1 N–H and O–H groups in total. The molecule has 8 heteroatoms. The molecule has 4 aromatic carbocycles. The number of aliphatic hydroxyl groups is 1. The Hall–Kier alpha value is -4.82. The molecule has 0 bridgehead atoms. The predicted molar refractivity (Wildman–Crippen MR) is 154 cm³/mol. The monoisotopic (exact) mass is 555 g/mol. The van der Waals surface area contributed by atoms with Crippen molar-refractivity contribution in [1.29, 1.82) is 0 Å². The summed E-state index contributed by atoms with van der Waals surface area (Å²) in [4.78, 5) is 26.9. The van der Waals surface area contributed by atoms with Gasteiger partial charge in [-0.15, -0.1) is 0 Å². The Morgan fingerprint density at radius 1 is 0.780 bits per heavy atom. The number of methoxy groups -OCH3 is 2. The Morgan fingerprint density at radius 2 is 1.44 bits per heavy atom. The van der Waals surface area contributed by atoms with Gasteiger partial charge in [0, 0.05) is 6.54 Å². The number of hydrogen-bond donors (Lipinski definition) is 1. The van der Waals surface area contributed by atoms with Crippen LogP contribution in [-0.2, 0) is 17.8 Å². The molecule has 0 spiro atoms. The smallest absolute Gasteiger partial charge is 0.410 e. The standard InChI is InChI=1S/C33H33NO7/c1-38-30-18-13-24(21-31(30)39-2)19-20-34(33(37)40-23-25-9-5-3-6-10-25)22-29(35)26-14-16-28(17-15-26)41-32(36)27-11-7-4-8-12-27/h3-18,21,29,35H,19-20,22-23H2,1-2H3. The third-order valence-electron chi connectivity index (χ3n) is 6.46. The molecule has 4 aromatic rings. The molecule has 0 aliphatic heterocycles. The highest BCUT2D eigenvalue weighted by Gasteiger charge is 2.21. The third-order valence-corrected chi connectivity index (χ3v) is 6.46. The Labute approximate surface area is 239 Å². The molecule has 0 radical (unpaired) electrons. The lowest BCUT2D eigenvalue weighted by Gasteiger charge is -2.25. The normalized spacial score (nSPS) is 11.3. The van der Waals surface area contributed by atoms with Crippen molar-refractivity contribution in [3.8, 4) is 17.2 Å². The highest BCUT2D eigenvalue weighted by atomic mass is 16.6. The largest absolute Gasteiger partial charge is 0.493 e. The number of hydrogen-bond acceptors (Lipinski definition) is 7. The van der Waals surface area contributed by atoms with Crippen molar-refractivity contribution in [2.75, 3.05) is 27.3 Å². The topological polar surface area (TPSA) is 94.5 Å². The first-order valence-corrected chi connectivity index (χ1v) is 13.2. The molecule has 0 saturated carbocycles. The van der Waals surface area contributed by atoms with E-state index in [2.05, 4.69) is 0 Å². The number of esters is 1. The Bertz CT molecular complexity index is 1410. The molecule has 0 aromatic heterocycles. The first kappa shape index (κ1) is 29.2. The number of aliphatic hydroxyl groups excluding tert-OH is 1. The number of ether oxygens (including phenoxy) is 4. The minimum Gasteiger partial charge on any atom is -0.493 e. The SMILES string of the molecule is COc1ccc(CCN(CC(O)c2ccc(OC(=O)c3ccccc3)cc2)C(=O)OCc2ccccc2)cc1OC. The van der Waals surface area contributed by atoms with Gasteiger partial charge in [-0.2, -0.15) is 0 Å². The summed E-state index contributed by atoms with van der Waals surface area (Å²) in [7, 11) is 3.14. The zero-order valence-electron chi connectivity index (χ0n) is 23.1. The van der Waals surface area contributed by atoms with Gasteiger partial charge in [-0.1, -0.05) is 66.7 Å². The van der Waals surface area contributed by atoms with E-state index in [0.29, 0.717) is 41.3 Å². The third kappa shape index (κ3) is 8.33. The van der Waals surface area contributed by atoms with Gasteiger partial charge >= 0.3 is 12.1 Å². The van der Waals surface area contributed by atoms with Gasteiger partial charge < -0.3 is 29.0 Å². The first-order chi connectivity index (χ1) is 20.0. The van der Waals surface area contributed by atoms with Gasteiger partial charge in [0.05, 0.1) is 32.4 Å². The Kier molecular flexibility index (Phi) is 10.3. The number of nitrogens with zero attached hydrogens (tertiary/aromatic N) is 1. The molecule has 212 valence electrons. The zero-order chi connectivity index (χ0) is 29.0. The average molecular weight is 556 g/mol. The number of amides is 1. The molecular formula is C33H33NO7. The predicted octanol–water partition coefficient (Wildman–Crippen LogP) is 5.84. The zero-order valence-corrected chi connectivity index (χ0v) is 23.1. The number of carbonyl (C=O) groups is 2. The summed E-state index contributed by atoms with van der Waals surface area (Å²) in [6, 6.07) is 30.2. The van der Waals surface area contributed by atoms with E-state index in [-0.39, 0.29) is 13.2 Å². The van der Waals surface area contributed by atoms with Gasteiger partial charge in [0.15, 0.2) is 11.5 Å². The lowest BCUT2D eigenvalue weighted by atomic mass is 10.1. The van der Waals surface area contributed by atoms with Gasteiger partial charge in [-0.3, -0.25) is 0 Å². The molecule has 8 nitrogen and oxygen atoms in total. The maximum absolute atomic E-state index is 13.1. The summed E-state index contributed by atoms with van der Waals surface area (Å²) < 4.78 is 21.7. The van der Waals surface area contributed by atoms with Crippen LogP contribution in [0.5, 0.6) is 17.2 Å². The first-order valence-electron chi connectivity index (χ1n) is 13.2. The highest BCUT2D eigenvalue weighted by Crippen LogP contribution is 2.28. The van der Waals surface area contributed by atoms with Crippen LogP contribution in [-0.4, -0.2) is 49.4 Å². The van der Waals surface area contributed by atoms with Crippen molar-refractivity contribution in [2.24, 2.45) is 0 Å². The van der Waals surface area contributed by atoms with Crippen molar-refractivity contribution in [2.45, 2.75) is 19.1 Å². The van der Waals surface area contributed by atoms with Crippen LogP contribution in [0.2, 0.25) is 0 Å².